The molecule has 3 rings (SSSR count). The number of esters is 1. The van der Waals surface area contributed by atoms with Crippen LogP contribution in [0.25, 0.3) is 0 Å². The molecule has 1 saturated carbocycles. The number of benzene rings is 2. The molecule has 0 aromatic heterocycles. The molecular weight excluding hydrogens is 381 g/mol. The number of rotatable bonds is 9. The third-order valence-corrected chi connectivity index (χ3v) is 5.97. The van der Waals surface area contributed by atoms with E-state index in [1.165, 1.54) is 24.3 Å². The number of hydrogen-bond acceptors (Lipinski definition) is 4. The monoisotopic (exact) mass is 413 g/mol. The second kappa shape index (κ2) is 10.6. The van der Waals surface area contributed by atoms with E-state index in [0.717, 1.165) is 24.8 Å². The lowest BCUT2D eigenvalue weighted by Gasteiger charge is -2.21. The minimum Gasteiger partial charge on any atom is -0.494 e. The van der Waals surface area contributed by atoms with Gasteiger partial charge in [-0.15, -0.1) is 0 Å². The molecule has 162 valence electrons. The summed E-state index contributed by atoms with van der Waals surface area (Å²) < 4.78 is 23.8. The van der Waals surface area contributed by atoms with Gasteiger partial charge in [-0.2, -0.15) is 0 Å². The summed E-state index contributed by atoms with van der Waals surface area (Å²) in [7, 11) is 1.49. The molecule has 0 aliphatic heterocycles. The smallest absolute Gasteiger partial charge is 0.306 e. The molecule has 1 aliphatic carbocycles. The Morgan fingerprint density at radius 1 is 1.20 bits per heavy atom. The SMILES string of the molecule is CCOC(=O)CCc1ccc([C@H]2CC[C@H](NC(C)c3ccc(F)c(OC)c3)C2)cc1. The molecule has 1 aliphatic rings. The zero-order valence-electron chi connectivity index (χ0n) is 18.1. The largest absolute Gasteiger partial charge is 0.494 e. The zero-order chi connectivity index (χ0) is 21.5. The molecule has 0 saturated heterocycles. The molecular formula is C25H32FNO3. The highest BCUT2D eigenvalue weighted by molar-refractivity contribution is 5.69. The molecule has 0 bridgehead atoms. The number of nitrogens with one attached hydrogen (secondary N) is 1. The summed E-state index contributed by atoms with van der Waals surface area (Å²) >= 11 is 0. The molecule has 0 heterocycles. The topological polar surface area (TPSA) is 47.6 Å². The van der Waals surface area contributed by atoms with Crippen molar-refractivity contribution in [2.45, 2.75) is 64.0 Å². The van der Waals surface area contributed by atoms with Gasteiger partial charge in [0.05, 0.1) is 13.7 Å². The number of carbonyl (C=O) groups is 1. The Bertz CT molecular complexity index is 837. The van der Waals surface area contributed by atoms with Gasteiger partial charge in [-0.05, 0) is 74.3 Å². The van der Waals surface area contributed by atoms with Crippen LogP contribution in [0.1, 0.15) is 68.2 Å². The Hall–Kier alpha value is -2.40. The Labute approximate surface area is 178 Å². The highest BCUT2D eigenvalue weighted by atomic mass is 19.1. The summed E-state index contributed by atoms with van der Waals surface area (Å²) in [6.07, 6.45) is 4.50. The van der Waals surface area contributed by atoms with E-state index in [0.29, 0.717) is 31.4 Å². The van der Waals surface area contributed by atoms with Gasteiger partial charge in [0.25, 0.3) is 0 Å². The van der Waals surface area contributed by atoms with Crippen LogP contribution in [0.4, 0.5) is 4.39 Å². The van der Waals surface area contributed by atoms with Crippen LogP contribution in [-0.4, -0.2) is 25.7 Å². The van der Waals surface area contributed by atoms with Crippen molar-refractivity contribution in [3.63, 3.8) is 0 Å². The van der Waals surface area contributed by atoms with Crippen molar-refractivity contribution >= 4 is 5.97 Å². The number of carbonyl (C=O) groups excluding carboxylic acids is 1. The van der Waals surface area contributed by atoms with Gasteiger partial charge in [0.1, 0.15) is 0 Å². The summed E-state index contributed by atoms with van der Waals surface area (Å²) in [6, 6.07) is 14.3. The van der Waals surface area contributed by atoms with Gasteiger partial charge in [-0.3, -0.25) is 4.79 Å². The quantitative estimate of drug-likeness (QED) is 0.566. The van der Waals surface area contributed by atoms with E-state index in [1.54, 1.807) is 6.07 Å². The van der Waals surface area contributed by atoms with E-state index in [1.807, 2.05) is 13.0 Å². The molecule has 0 amide bonds. The average molecular weight is 414 g/mol. The highest BCUT2D eigenvalue weighted by Crippen LogP contribution is 2.36. The fourth-order valence-electron chi connectivity index (χ4n) is 4.27. The predicted molar refractivity (Wildman–Crippen MR) is 116 cm³/mol. The summed E-state index contributed by atoms with van der Waals surface area (Å²) in [5.74, 6) is 0.351. The summed E-state index contributed by atoms with van der Waals surface area (Å²) in [6.45, 7) is 4.37. The van der Waals surface area contributed by atoms with E-state index >= 15 is 0 Å². The number of hydrogen-bond donors (Lipinski definition) is 1. The minimum atomic E-state index is -0.333. The third-order valence-electron chi connectivity index (χ3n) is 5.97. The second-order valence-electron chi connectivity index (χ2n) is 8.04. The third kappa shape index (κ3) is 5.82. The lowest BCUT2D eigenvalue weighted by molar-refractivity contribution is -0.143. The maximum Gasteiger partial charge on any atom is 0.306 e. The summed E-state index contributed by atoms with van der Waals surface area (Å²) in [5, 5.41) is 3.69. The first-order valence-corrected chi connectivity index (χ1v) is 10.8. The van der Waals surface area contributed by atoms with Crippen molar-refractivity contribution < 1.29 is 18.7 Å². The normalized spacial score (nSPS) is 19.5. The van der Waals surface area contributed by atoms with Gasteiger partial charge >= 0.3 is 5.97 Å². The molecule has 30 heavy (non-hydrogen) atoms. The maximum absolute atomic E-state index is 13.7. The number of halogens is 1. The fourth-order valence-corrected chi connectivity index (χ4v) is 4.27. The van der Waals surface area contributed by atoms with Crippen molar-refractivity contribution in [3.8, 4) is 5.75 Å². The lowest BCUT2D eigenvalue weighted by Crippen LogP contribution is -2.29. The van der Waals surface area contributed by atoms with Gasteiger partial charge in [-0.1, -0.05) is 30.3 Å². The Morgan fingerprint density at radius 3 is 2.67 bits per heavy atom. The fraction of sp³-hybridized carbons (Fsp3) is 0.480. The lowest BCUT2D eigenvalue weighted by atomic mass is 9.95. The number of ether oxygens (including phenoxy) is 2. The van der Waals surface area contributed by atoms with Gasteiger partial charge in [0.2, 0.25) is 0 Å². The van der Waals surface area contributed by atoms with Crippen LogP contribution >= 0.6 is 0 Å². The van der Waals surface area contributed by atoms with Gasteiger partial charge in [-0.25, -0.2) is 4.39 Å². The van der Waals surface area contributed by atoms with Crippen LogP contribution in [-0.2, 0) is 16.0 Å². The second-order valence-corrected chi connectivity index (χ2v) is 8.04. The standard InChI is InChI=1S/C25H32FNO3/c1-4-30-25(28)14-7-18-5-8-19(9-6-18)21-10-12-22(15-21)27-17(2)20-11-13-23(26)24(16-20)29-3/h5-6,8-9,11,13,16-17,21-22,27H,4,7,10,12,14-15H2,1-3H3/t17?,21-,22-/m0/s1. The van der Waals surface area contributed by atoms with Gasteiger partial charge < -0.3 is 14.8 Å². The Morgan fingerprint density at radius 2 is 1.97 bits per heavy atom. The molecule has 3 atom stereocenters. The highest BCUT2D eigenvalue weighted by Gasteiger charge is 2.27. The van der Waals surface area contributed by atoms with Crippen molar-refractivity contribution in [2.24, 2.45) is 0 Å². The predicted octanol–water partition coefficient (Wildman–Crippen LogP) is 5.32. The molecule has 0 spiro atoms. The van der Waals surface area contributed by atoms with Crippen LogP contribution in [0, 0.1) is 5.82 Å². The van der Waals surface area contributed by atoms with Crippen molar-refractivity contribution in [1.82, 2.24) is 5.32 Å². The van der Waals surface area contributed by atoms with Gasteiger partial charge in [0.15, 0.2) is 11.6 Å². The van der Waals surface area contributed by atoms with Crippen molar-refractivity contribution in [1.29, 1.82) is 0 Å². The van der Waals surface area contributed by atoms with Crippen molar-refractivity contribution in [3.05, 3.63) is 65.0 Å². The molecule has 5 heteroatoms. The molecule has 1 unspecified atom stereocenters. The van der Waals surface area contributed by atoms with Crippen LogP contribution in [0.5, 0.6) is 5.75 Å². The van der Waals surface area contributed by atoms with Crippen LogP contribution in [0.15, 0.2) is 42.5 Å². The molecule has 2 aromatic rings. The van der Waals surface area contributed by atoms with E-state index in [4.69, 9.17) is 9.47 Å². The Balaban J connectivity index is 1.52. The van der Waals surface area contributed by atoms with Crippen LogP contribution < -0.4 is 10.1 Å². The van der Waals surface area contributed by atoms with E-state index in [9.17, 15) is 9.18 Å². The number of methoxy groups -OCH3 is 1. The first kappa shape index (κ1) is 22.3. The zero-order valence-corrected chi connectivity index (χ0v) is 18.1. The summed E-state index contributed by atoms with van der Waals surface area (Å²) in [4.78, 5) is 11.5. The Kier molecular flexibility index (Phi) is 7.86. The van der Waals surface area contributed by atoms with E-state index in [-0.39, 0.29) is 23.6 Å². The summed E-state index contributed by atoms with van der Waals surface area (Å²) in [5.41, 5.74) is 3.55. The first-order valence-electron chi connectivity index (χ1n) is 10.8. The van der Waals surface area contributed by atoms with E-state index < -0.39 is 0 Å². The first-order chi connectivity index (χ1) is 14.5. The van der Waals surface area contributed by atoms with E-state index in [2.05, 4.69) is 36.5 Å². The molecule has 1 fully saturated rings. The van der Waals surface area contributed by atoms with Crippen molar-refractivity contribution in [2.75, 3.05) is 13.7 Å². The molecule has 1 N–H and O–H groups in total. The molecule has 2 aromatic carbocycles. The number of aryl methyl sites for hydroxylation is 1. The molecule has 0 radical (unpaired) electrons. The minimum absolute atomic E-state index is 0.133. The van der Waals surface area contributed by atoms with Gasteiger partial charge in [0, 0.05) is 18.5 Å². The molecule has 4 nitrogen and oxygen atoms in total. The maximum atomic E-state index is 13.7. The van der Waals surface area contributed by atoms with Crippen LogP contribution in [0.3, 0.4) is 0 Å². The van der Waals surface area contributed by atoms with Crippen LogP contribution in [0.2, 0.25) is 0 Å². The average Bonchev–Trinajstić information content (AvgIpc) is 3.21.